The minimum atomic E-state index is -3.96. The lowest BCUT2D eigenvalue weighted by Gasteiger charge is -2.34. The van der Waals surface area contributed by atoms with Crippen molar-refractivity contribution in [2.45, 2.75) is 24.7 Å². The quantitative estimate of drug-likeness (QED) is 0.623. The van der Waals surface area contributed by atoms with Gasteiger partial charge in [0.2, 0.25) is 10.0 Å². The van der Waals surface area contributed by atoms with E-state index in [1.165, 1.54) is 4.31 Å². The van der Waals surface area contributed by atoms with Crippen molar-refractivity contribution in [1.82, 2.24) is 9.21 Å². The van der Waals surface area contributed by atoms with Crippen LogP contribution in [0, 0.1) is 11.6 Å². The first kappa shape index (κ1) is 22.2. The highest BCUT2D eigenvalue weighted by molar-refractivity contribution is 7.89. The maximum Gasteiger partial charge on any atom is 0.253 e. The van der Waals surface area contributed by atoms with Crippen molar-refractivity contribution in [2.75, 3.05) is 32.8 Å². The number of sulfonamides is 1. The van der Waals surface area contributed by atoms with Crippen molar-refractivity contribution in [3.8, 4) is 5.75 Å². The summed E-state index contributed by atoms with van der Waals surface area (Å²) in [6.07, 6.45) is 1.99. The third-order valence-corrected chi connectivity index (χ3v) is 6.82. The Bertz CT molecular complexity index is 989. The number of carbonyl (C=O) groups excluding carboxylic acids is 1. The van der Waals surface area contributed by atoms with Crippen LogP contribution in [0.25, 0.3) is 0 Å². The van der Waals surface area contributed by atoms with E-state index in [-0.39, 0.29) is 37.0 Å². The molecular formula is C21H24F2N2O4S. The van der Waals surface area contributed by atoms with Gasteiger partial charge in [0, 0.05) is 31.7 Å². The van der Waals surface area contributed by atoms with E-state index in [0.29, 0.717) is 24.0 Å². The van der Waals surface area contributed by atoms with Crippen LogP contribution in [0.5, 0.6) is 5.75 Å². The molecule has 9 heteroatoms. The van der Waals surface area contributed by atoms with E-state index in [1.54, 1.807) is 29.2 Å². The summed E-state index contributed by atoms with van der Waals surface area (Å²) in [6.45, 7) is 3.26. The summed E-state index contributed by atoms with van der Waals surface area (Å²) in [7, 11) is -3.96. The Balaban J connectivity index is 1.60. The molecule has 1 saturated heterocycles. The Hall–Kier alpha value is -2.52. The molecule has 0 aromatic heterocycles. The zero-order chi connectivity index (χ0) is 21.7. The Labute approximate surface area is 175 Å². The average Bonchev–Trinajstić information content (AvgIpc) is 2.76. The second-order valence-corrected chi connectivity index (χ2v) is 8.94. The van der Waals surface area contributed by atoms with Gasteiger partial charge in [-0.15, -0.1) is 0 Å². The SMILES string of the molecule is CCCCOc1ccc(C(=O)N2CCN(S(=O)(=O)c3ccc(F)c(F)c3)CC2)cc1. The molecule has 6 nitrogen and oxygen atoms in total. The van der Waals surface area contributed by atoms with Crippen LogP contribution < -0.4 is 4.74 Å². The molecule has 1 aliphatic heterocycles. The number of piperazine rings is 1. The van der Waals surface area contributed by atoms with E-state index in [1.807, 2.05) is 0 Å². The molecule has 0 atom stereocenters. The predicted molar refractivity (Wildman–Crippen MR) is 108 cm³/mol. The first-order chi connectivity index (χ1) is 14.3. The number of carbonyl (C=O) groups is 1. The molecular weight excluding hydrogens is 414 g/mol. The second-order valence-electron chi connectivity index (χ2n) is 7.00. The summed E-state index contributed by atoms with van der Waals surface area (Å²) in [5, 5.41) is 0. The molecule has 1 aliphatic rings. The largest absolute Gasteiger partial charge is 0.494 e. The van der Waals surface area contributed by atoms with Gasteiger partial charge in [0.1, 0.15) is 5.75 Å². The van der Waals surface area contributed by atoms with Gasteiger partial charge in [-0.05, 0) is 48.9 Å². The number of nitrogens with zero attached hydrogens (tertiary/aromatic N) is 2. The average molecular weight is 438 g/mol. The number of rotatable bonds is 7. The van der Waals surface area contributed by atoms with Crippen LogP contribution in [0.3, 0.4) is 0 Å². The van der Waals surface area contributed by atoms with E-state index in [4.69, 9.17) is 4.74 Å². The van der Waals surface area contributed by atoms with Crippen molar-refractivity contribution in [3.63, 3.8) is 0 Å². The molecule has 1 heterocycles. The van der Waals surface area contributed by atoms with E-state index >= 15 is 0 Å². The van der Waals surface area contributed by atoms with E-state index in [2.05, 4.69) is 6.92 Å². The van der Waals surface area contributed by atoms with Gasteiger partial charge in [-0.25, -0.2) is 17.2 Å². The van der Waals surface area contributed by atoms with Crippen LogP contribution in [-0.2, 0) is 10.0 Å². The van der Waals surface area contributed by atoms with Gasteiger partial charge in [0.15, 0.2) is 11.6 Å². The summed E-state index contributed by atoms with van der Waals surface area (Å²) < 4.78 is 58.6. The molecule has 0 unspecified atom stereocenters. The monoisotopic (exact) mass is 438 g/mol. The number of ether oxygens (including phenoxy) is 1. The summed E-state index contributed by atoms with van der Waals surface area (Å²) in [6, 6.07) is 9.36. The van der Waals surface area contributed by atoms with Crippen LogP contribution in [0.2, 0.25) is 0 Å². The van der Waals surface area contributed by atoms with Crippen molar-refractivity contribution >= 4 is 15.9 Å². The van der Waals surface area contributed by atoms with Gasteiger partial charge >= 0.3 is 0 Å². The Morgan fingerprint density at radius 1 is 1.00 bits per heavy atom. The molecule has 1 amide bonds. The first-order valence-corrected chi connectivity index (χ1v) is 11.2. The van der Waals surface area contributed by atoms with E-state index in [0.717, 1.165) is 25.0 Å². The number of unbranched alkanes of at least 4 members (excludes halogenated alkanes) is 1. The van der Waals surface area contributed by atoms with Crippen LogP contribution in [0.15, 0.2) is 47.4 Å². The smallest absolute Gasteiger partial charge is 0.253 e. The Morgan fingerprint density at radius 3 is 2.27 bits per heavy atom. The minimum absolute atomic E-state index is 0.0747. The molecule has 0 bridgehead atoms. The van der Waals surface area contributed by atoms with E-state index in [9.17, 15) is 22.0 Å². The van der Waals surface area contributed by atoms with Crippen LogP contribution >= 0.6 is 0 Å². The maximum atomic E-state index is 13.4. The molecule has 162 valence electrons. The molecule has 2 aromatic carbocycles. The fourth-order valence-corrected chi connectivity index (χ4v) is 4.56. The van der Waals surface area contributed by atoms with Gasteiger partial charge in [-0.3, -0.25) is 4.79 Å². The Morgan fingerprint density at radius 2 is 1.67 bits per heavy atom. The molecule has 0 radical (unpaired) electrons. The van der Waals surface area contributed by atoms with Crippen molar-refractivity contribution in [2.24, 2.45) is 0 Å². The molecule has 3 rings (SSSR count). The Kier molecular flexibility index (Phi) is 7.04. The molecule has 30 heavy (non-hydrogen) atoms. The summed E-state index contributed by atoms with van der Waals surface area (Å²) in [5.74, 6) is -1.82. The topological polar surface area (TPSA) is 66.9 Å². The fraction of sp³-hybridized carbons (Fsp3) is 0.381. The molecule has 0 aliphatic carbocycles. The van der Waals surface area contributed by atoms with Gasteiger partial charge in [-0.1, -0.05) is 13.3 Å². The van der Waals surface area contributed by atoms with Crippen molar-refractivity contribution < 1.29 is 26.7 Å². The highest BCUT2D eigenvalue weighted by atomic mass is 32.2. The lowest BCUT2D eigenvalue weighted by atomic mass is 10.2. The van der Waals surface area contributed by atoms with Crippen LogP contribution in [0.1, 0.15) is 30.1 Å². The number of hydrogen-bond donors (Lipinski definition) is 0. The van der Waals surface area contributed by atoms with E-state index < -0.39 is 21.7 Å². The second kappa shape index (κ2) is 9.53. The number of benzene rings is 2. The number of amides is 1. The van der Waals surface area contributed by atoms with Gasteiger partial charge < -0.3 is 9.64 Å². The minimum Gasteiger partial charge on any atom is -0.494 e. The van der Waals surface area contributed by atoms with Gasteiger partial charge in [0.05, 0.1) is 11.5 Å². The summed E-state index contributed by atoms with van der Waals surface area (Å²) in [4.78, 5) is 14.0. The lowest BCUT2D eigenvalue weighted by molar-refractivity contribution is 0.0698. The zero-order valence-electron chi connectivity index (χ0n) is 16.7. The predicted octanol–water partition coefficient (Wildman–Crippen LogP) is 3.29. The third kappa shape index (κ3) is 4.96. The highest BCUT2D eigenvalue weighted by Crippen LogP contribution is 2.21. The standard InChI is InChI=1S/C21H24F2N2O4S/c1-2-3-14-29-17-6-4-16(5-7-17)21(26)24-10-12-25(13-11-24)30(27,28)18-8-9-19(22)20(23)15-18/h4-9,15H,2-3,10-14H2,1H3. The molecule has 1 fully saturated rings. The van der Waals surface area contributed by atoms with Crippen molar-refractivity contribution in [1.29, 1.82) is 0 Å². The summed E-state index contributed by atoms with van der Waals surface area (Å²) >= 11 is 0. The normalized spacial score (nSPS) is 15.2. The summed E-state index contributed by atoms with van der Waals surface area (Å²) in [5.41, 5.74) is 0.495. The van der Waals surface area contributed by atoms with Gasteiger partial charge in [0.25, 0.3) is 5.91 Å². The van der Waals surface area contributed by atoms with Crippen LogP contribution in [-0.4, -0.2) is 56.3 Å². The number of hydrogen-bond acceptors (Lipinski definition) is 4. The molecule has 0 saturated carbocycles. The number of halogens is 2. The van der Waals surface area contributed by atoms with Crippen molar-refractivity contribution in [3.05, 3.63) is 59.7 Å². The van der Waals surface area contributed by atoms with Crippen LogP contribution in [0.4, 0.5) is 8.78 Å². The third-order valence-electron chi connectivity index (χ3n) is 4.92. The zero-order valence-corrected chi connectivity index (χ0v) is 17.5. The maximum absolute atomic E-state index is 13.4. The molecule has 0 spiro atoms. The highest BCUT2D eigenvalue weighted by Gasteiger charge is 2.31. The molecule has 2 aromatic rings. The lowest BCUT2D eigenvalue weighted by Crippen LogP contribution is -2.50. The molecule has 0 N–H and O–H groups in total. The van der Waals surface area contributed by atoms with Gasteiger partial charge in [-0.2, -0.15) is 4.31 Å². The first-order valence-electron chi connectivity index (χ1n) is 9.80. The fourth-order valence-electron chi connectivity index (χ4n) is 3.13.